The van der Waals surface area contributed by atoms with Crippen LogP contribution < -0.4 is 10.1 Å². The number of para-hydroxylation sites is 1. The Kier molecular flexibility index (Phi) is 4.36. The molecule has 0 bridgehead atoms. The molecule has 0 aliphatic carbocycles. The van der Waals surface area contributed by atoms with Gasteiger partial charge in [-0.2, -0.15) is 0 Å². The minimum Gasteiger partial charge on any atom is -0.488 e. The van der Waals surface area contributed by atoms with Crippen LogP contribution in [0.3, 0.4) is 0 Å². The molecule has 1 aromatic carbocycles. The van der Waals surface area contributed by atoms with Gasteiger partial charge in [0.2, 0.25) is 0 Å². The summed E-state index contributed by atoms with van der Waals surface area (Å²) in [5.41, 5.74) is 1.33. The van der Waals surface area contributed by atoms with Crippen molar-refractivity contribution in [2.45, 2.75) is 44.2 Å². The normalized spacial score (nSPS) is 27.4. The third-order valence-electron chi connectivity index (χ3n) is 4.01. The zero-order valence-electron chi connectivity index (χ0n) is 11.4. The summed E-state index contributed by atoms with van der Waals surface area (Å²) in [5.74, 6) is 1.05. The topological polar surface area (TPSA) is 30.5 Å². The van der Waals surface area contributed by atoms with E-state index in [-0.39, 0.29) is 6.10 Å². The van der Waals surface area contributed by atoms with Crippen LogP contribution in [0.25, 0.3) is 0 Å². The summed E-state index contributed by atoms with van der Waals surface area (Å²) in [6, 6.07) is 9.07. The van der Waals surface area contributed by atoms with E-state index in [0.29, 0.717) is 6.04 Å². The molecule has 3 rings (SSSR count). The maximum absolute atomic E-state index is 6.14. The third kappa shape index (κ3) is 3.48. The SMILES string of the molecule is c1ccc(OC2CCCOC2)c(CC2CCCN2)c1. The molecule has 0 saturated carbocycles. The molecule has 2 heterocycles. The van der Waals surface area contributed by atoms with E-state index in [4.69, 9.17) is 9.47 Å². The molecule has 2 aliphatic rings. The minimum atomic E-state index is 0.228. The molecule has 1 N–H and O–H groups in total. The van der Waals surface area contributed by atoms with E-state index in [1.54, 1.807) is 0 Å². The van der Waals surface area contributed by atoms with Crippen LogP contribution in [0.2, 0.25) is 0 Å². The summed E-state index contributed by atoms with van der Waals surface area (Å²) >= 11 is 0. The summed E-state index contributed by atoms with van der Waals surface area (Å²) in [6.45, 7) is 2.77. The summed E-state index contributed by atoms with van der Waals surface area (Å²) < 4.78 is 11.6. The Bertz CT molecular complexity index is 395. The first-order chi connectivity index (χ1) is 9.42. The van der Waals surface area contributed by atoms with Crippen LogP contribution in [-0.4, -0.2) is 31.9 Å². The second-order valence-electron chi connectivity index (χ2n) is 5.56. The van der Waals surface area contributed by atoms with Crippen molar-refractivity contribution in [3.63, 3.8) is 0 Å². The monoisotopic (exact) mass is 261 g/mol. The molecule has 2 saturated heterocycles. The van der Waals surface area contributed by atoms with Crippen molar-refractivity contribution in [3.05, 3.63) is 29.8 Å². The smallest absolute Gasteiger partial charge is 0.123 e. The van der Waals surface area contributed by atoms with Crippen molar-refractivity contribution in [3.8, 4) is 5.75 Å². The van der Waals surface area contributed by atoms with Crippen molar-refractivity contribution < 1.29 is 9.47 Å². The lowest BCUT2D eigenvalue weighted by atomic mass is 10.0. The van der Waals surface area contributed by atoms with Gasteiger partial charge in [0.05, 0.1) is 6.61 Å². The first-order valence-electron chi connectivity index (χ1n) is 7.47. The predicted molar refractivity (Wildman–Crippen MR) is 75.6 cm³/mol. The van der Waals surface area contributed by atoms with Crippen LogP contribution in [0.1, 0.15) is 31.2 Å². The molecular weight excluding hydrogens is 238 g/mol. The number of rotatable bonds is 4. The lowest BCUT2D eigenvalue weighted by molar-refractivity contribution is 0.00701. The van der Waals surface area contributed by atoms with Gasteiger partial charge in [-0.15, -0.1) is 0 Å². The first-order valence-corrected chi connectivity index (χ1v) is 7.47. The summed E-state index contributed by atoms with van der Waals surface area (Å²) in [5, 5.41) is 3.56. The molecule has 2 fully saturated rings. The van der Waals surface area contributed by atoms with Crippen molar-refractivity contribution >= 4 is 0 Å². The van der Waals surface area contributed by atoms with E-state index in [1.807, 2.05) is 0 Å². The molecule has 0 spiro atoms. The second kappa shape index (κ2) is 6.40. The first kappa shape index (κ1) is 12.9. The van der Waals surface area contributed by atoms with E-state index in [2.05, 4.69) is 29.6 Å². The second-order valence-corrected chi connectivity index (χ2v) is 5.56. The fraction of sp³-hybridized carbons (Fsp3) is 0.625. The fourth-order valence-electron chi connectivity index (χ4n) is 2.97. The van der Waals surface area contributed by atoms with Gasteiger partial charge in [0.1, 0.15) is 11.9 Å². The molecule has 0 radical (unpaired) electrons. The average molecular weight is 261 g/mol. The molecule has 2 aliphatic heterocycles. The largest absolute Gasteiger partial charge is 0.488 e. The molecule has 2 atom stereocenters. The van der Waals surface area contributed by atoms with E-state index >= 15 is 0 Å². The molecule has 2 unspecified atom stereocenters. The summed E-state index contributed by atoms with van der Waals surface area (Å²) in [6.07, 6.45) is 6.09. The van der Waals surface area contributed by atoms with Gasteiger partial charge in [-0.25, -0.2) is 0 Å². The number of benzene rings is 1. The number of hydrogen-bond acceptors (Lipinski definition) is 3. The van der Waals surface area contributed by atoms with Crippen LogP contribution in [0.4, 0.5) is 0 Å². The predicted octanol–water partition coefficient (Wildman–Crippen LogP) is 2.54. The summed E-state index contributed by atoms with van der Waals surface area (Å²) in [7, 11) is 0. The Morgan fingerprint density at radius 3 is 2.95 bits per heavy atom. The highest BCUT2D eigenvalue weighted by molar-refractivity contribution is 5.34. The third-order valence-corrected chi connectivity index (χ3v) is 4.01. The van der Waals surface area contributed by atoms with Gasteiger partial charge < -0.3 is 14.8 Å². The van der Waals surface area contributed by atoms with E-state index in [0.717, 1.165) is 44.8 Å². The minimum absolute atomic E-state index is 0.228. The standard InChI is InChI=1S/C16H23NO2/c1-2-8-16(19-15-7-4-10-18-12-15)13(5-1)11-14-6-3-9-17-14/h1-2,5,8,14-15,17H,3-4,6-7,9-12H2. The number of nitrogens with one attached hydrogen (secondary N) is 1. The van der Waals surface area contributed by atoms with Crippen LogP contribution in [0, 0.1) is 0 Å². The van der Waals surface area contributed by atoms with E-state index in [1.165, 1.54) is 18.4 Å². The molecule has 19 heavy (non-hydrogen) atoms. The molecular formula is C16H23NO2. The highest BCUT2D eigenvalue weighted by Crippen LogP contribution is 2.24. The Balaban J connectivity index is 1.65. The highest BCUT2D eigenvalue weighted by atomic mass is 16.5. The van der Waals surface area contributed by atoms with Crippen LogP contribution >= 0.6 is 0 Å². The molecule has 1 aromatic rings. The van der Waals surface area contributed by atoms with Crippen LogP contribution in [0.15, 0.2) is 24.3 Å². The van der Waals surface area contributed by atoms with Crippen LogP contribution in [0.5, 0.6) is 5.75 Å². The van der Waals surface area contributed by atoms with Crippen LogP contribution in [-0.2, 0) is 11.2 Å². The van der Waals surface area contributed by atoms with Crippen molar-refractivity contribution in [2.24, 2.45) is 0 Å². The van der Waals surface area contributed by atoms with Gasteiger partial charge in [-0.3, -0.25) is 0 Å². The quantitative estimate of drug-likeness (QED) is 0.903. The van der Waals surface area contributed by atoms with E-state index in [9.17, 15) is 0 Å². The molecule has 104 valence electrons. The van der Waals surface area contributed by atoms with Gasteiger partial charge in [-0.05, 0) is 50.3 Å². The number of hydrogen-bond donors (Lipinski definition) is 1. The maximum Gasteiger partial charge on any atom is 0.123 e. The maximum atomic E-state index is 6.14. The Hall–Kier alpha value is -1.06. The van der Waals surface area contributed by atoms with Gasteiger partial charge >= 0.3 is 0 Å². The zero-order valence-corrected chi connectivity index (χ0v) is 11.4. The number of ether oxygens (including phenoxy) is 2. The average Bonchev–Trinajstić information content (AvgIpc) is 2.95. The van der Waals surface area contributed by atoms with Crippen molar-refractivity contribution in [1.82, 2.24) is 5.32 Å². The molecule has 0 aromatic heterocycles. The highest BCUT2D eigenvalue weighted by Gasteiger charge is 2.19. The molecule has 3 nitrogen and oxygen atoms in total. The Morgan fingerprint density at radius 2 is 2.16 bits per heavy atom. The summed E-state index contributed by atoms with van der Waals surface area (Å²) in [4.78, 5) is 0. The van der Waals surface area contributed by atoms with E-state index < -0.39 is 0 Å². The van der Waals surface area contributed by atoms with Gasteiger partial charge in [0.25, 0.3) is 0 Å². The van der Waals surface area contributed by atoms with Crippen molar-refractivity contribution in [2.75, 3.05) is 19.8 Å². The molecule has 3 heteroatoms. The van der Waals surface area contributed by atoms with Gasteiger partial charge in [0, 0.05) is 12.6 Å². The van der Waals surface area contributed by atoms with Gasteiger partial charge in [-0.1, -0.05) is 18.2 Å². The lowest BCUT2D eigenvalue weighted by Gasteiger charge is -2.25. The molecule has 0 amide bonds. The van der Waals surface area contributed by atoms with Crippen molar-refractivity contribution in [1.29, 1.82) is 0 Å². The fourth-order valence-corrected chi connectivity index (χ4v) is 2.97. The zero-order chi connectivity index (χ0) is 12.9. The Morgan fingerprint density at radius 1 is 1.21 bits per heavy atom. The Labute approximate surface area is 115 Å². The lowest BCUT2D eigenvalue weighted by Crippen LogP contribution is -2.29. The van der Waals surface area contributed by atoms with Gasteiger partial charge in [0.15, 0.2) is 0 Å².